The van der Waals surface area contributed by atoms with Crippen molar-refractivity contribution < 1.29 is 0 Å². The molecule has 3 rings (SSSR count). The molecule has 1 saturated heterocycles. The van der Waals surface area contributed by atoms with Crippen LogP contribution >= 0.6 is 15.9 Å². The number of hydrogen-bond acceptors (Lipinski definition) is 2. The van der Waals surface area contributed by atoms with Crippen LogP contribution < -0.4 is 5.32 Å². The van der Waals surface area contributed by atoms with Gasteiger partial charge in [-0.1, -0.05) is 41.1 Å². The van der Waals surface area contributed by atoms with E-state index in [9.17, 15) is 0 Å². The number of nitrogens with one attached hydrogen (secondary N) is 1. The van der Waals surface area contributed by atoms with Gasteiger partial charge in [0.15, 0.2) is 0 Å². The van der Waals surface area contributed by atoms with E-state index in [0.29, 0.717) is 6.04 Å². The molecule has 0 spiro atoms. The number of rotatable bonds is 4. The van der Waals surface area contributed by atoms with E-state index in [-0.39, 0.29) is 5.54 Å². The zero-order valence-corrected chi connectivity index (χ0v) is 14.1. The zero-order valence-electron chi connectivity index (χ0n) is 12.5. The molecule has 1 N–H and O–H groups in total. The quantitative estimate of drug-likeness (QED) is 0.899. The summed E-state index contributed by atoms with van der Waals surface area (Å²) in [7, 11) is 0. The Hall–Kier alpha value is -0.380. The minimum atomic E-state index is 0.278. The summed E-state index contributed by atoms with van der Waals surface area (Å²) < 4.78 is 1.24. The van der Waals surface area contributed by atoms with Crippen molar-refractivity contribution in [2.75, 3.05) is 13.1 Å². The van der Waals surface area contributed by atoms with Gasteiger partial charge in [0.1, 0.15) is 0 Å². The highest BCUT2D eigenvalue weighted by atomic mass is 79.9. The summed E-state index contributed by atoms with van der Waals surface area (Å²) in [6.45, 7) is 8.08. The predicted octanol–water partition coefficient (Wildman–Crippen LogP) is 3.80. The van der Waals surface area contributed by atoms with Crippen LogP contribution in [0.2, 0.25) is 0 Å². The Balaban J connectivity index is 1.77. The maximum Gasteiger partial charge on any atom is 0.0307 e. The fraction of sp³-hybridized carbons (Fsp3) is 0.647. The van der Waals surface area contributed by atoms with Gasteiger partial charge in [0.25, 0.3) is 0 Å². The molecule has 2 fully saturated rings. The summed E-state index contributed by atoms with van der Waals surface area (Å²) >= 11 is 3.70. The lowest BCUT2D eigenvalue weighted by Gasteiger charge is -2.48. The SMILES string of the molecule is CCC1(C)CNC(C2CC2)CN1Cc1ccccc1Br. The molecule has 1 aliphatic heterocycles. The largest absolute Gasteiger partial charge is 0.311 e. The molecular weight excluding hydrogens is 312 g/mol. The summed E-state index contributed by atoms with van der Waals surface area (Å²) in [6, 6.07) is 9.34. The van der Waals surface area contributed by atoms with E-state index in [4.69, 9.17) is 0 Å². The van der Waals surface area contributed by atoms with Crippen molar-refractivity contribution in [2.45, 2.75) is 51.2 Å². The van der Waals surface area contributed by atoms with Gasteiger partial charge in [0, 0.05) is 35.7 Å². The number of piperazine rings is 1. The van der Waals surface area contributed by atoms with Crippen molar-refractivity contribution in [1.82, 2.24) is 10.2 Å². The molecule has 0 bridgehead atoms. The molecule has 110 valence electrons. The molecule has 2 atom stereocenters. The van der Waals surface area contributed by atoms with Gasteiger partial charge in [-0.2, -0.15) is 0 Å². The third-order valence-corrected chi connectivity index (χ3v) is 5.97. The summed E-state index contributed by atoms with van der Waals surface area (Å²) in [6.07, 6.45) is 4.04. The van der Waals surface area contributed by atoms with Crippen LogP contribution in [0.1, 0.15) is 38.7 Å². The highest BCUT2D eigenvalue weighted by molar-refractivity contribution is 9.10. The lowest BCUT2D eigenvalue weighted by atomic mass is 9.90. The van der Waals surface area contributed by atoms with Crippen LogP contribution in [-0.2, 0) is 6.54 Å². The topological polar surface area (TPSA) is 15.3 Å². The van der Waals surface area contributed by atoms with Gasteiger partial charge in [-0.15, -0.1) is 0 Å². The molecule has 1 aromatic carbocycles. The average Bonchev–Trinajstić information content (AvgIpc) is 3.28. The van der Waals surface area contributed by atoms with E-state index < -0.39 is 0 Å². The van der Waals surface area contributed by atoms with Gasteiger partial charge < -0.3 is 5.32 Å². The second-order valence-electron chi connectivity index (χ2n) is 6.65. The van der Waals surface area contributed by atoms with E-state index >= 15 is 0 Å². The standard InChI is InChI=1S/C17H25BrN2/c1-3-17(2)12-19-16(13-8-9-13)11-20(17)10-14-6-4-5-7-15(14)18/h4-7,13,16,19H,3,8-12H2,1-2H3. The Morgan fingerprint density at radius 3 is 2.75 bits per heavy atom. The fourth-order valence-electron chi connectivity index (χ4n) is 3.24. The fourth-order valence-corrected chi connectivity index (χ4v) is 3.65. The molecule has 2 nitrogen and oxygen atoms in total. The Kier molecular flexibility index (Phi) is 4.21. The van der Waals surface area contributed by atoms with Crippen LogP contribution in [0.4, 0.5) is 0 Å². The lowest BCUT2D eigenvalue weighted by molar-refractivity contribution is 0.0367. The van der Waals surface area contributed by atoms with Gasteiger partial charge in [-0.05, 0) is 43.7 Å². The van der Waals surface area contributed by atoms with Crippen molar-refractivity contribution in [3.8, 4) is 0 Å². The van der Waals surface area contributed by atoms with Gasteiger partial charge in [0.05, 0.1) is 0 Å². The van der Waals surface area contributed by atoms with E-state index in [1.165, 1.54) is 35.8 Å². The highest BCUT2D eigenvalue weighted by Crippen LogP contribution is 2.37. The molecule has 0 radical (unpaired) electrons. The maximum atomic E-state index is 3.80. The minimum absolute atomic E-state index is 0.278. The molecule has 3 heteroatoms. The summed E-state index contributed by atoms with van der Waals surface area (Å²) in [5.74, 6) is 0.929. The summed E-state index contributed by atoms with van der Waals surface area (Å²) in [5.41, 5.74) is 1.68. The number of hydrogen-bond donors (Lipinski definition) is 1. The smallest absolute Gasteiger partial charge is 0.0307 e. The third kappa shape index (κ3) is 2.95. The van der Waals surface area contributed by atoms with Crippen LogP contribution in [0.25, 0.3) is 0 Å². The Morgan fingerprint density at radius 2 is 2.10 bits per heavy atom. The monoisotopic (exact) mass is 336 g/mol. The van der Waals surface area contributed by atoms with Gasteiger partial charge >= 0.3 is 0 Å². The van der Waals surface area contributed by atoms with E-state index in [0.717, 1.165) is 19.0 Å². The number of benzene rings is 1. The van der Waals surface area contributed by atoms with E-state index in [2.05, 4.69) is 64.3 Å². The molecule has 2 aliphatic rings. The molecule has 2 unspecified atom stereocenters. The molecule has 1 aromatic rings. The first-order chi connectivity index (χ1) is 9.62. The summed E-state index contributed by atoms with van der Waals surface area (Å²) in [5, 5.41) is 3.80. The van der Waals surface area contributed by atoms with E-state index in [1.54, 1.807) is 0 Å². The summed E-state index contributed by atoms with van der Waals surface area (Å²) in [4.78, 5) is 2.70. The van der Waals surface area contributed by atoms with E-state index in [1.807, 2.05) is 0 Å². The molecular formula is C17H25BrN2. The molecule has 1 aliphatic carbocycles. The Labute approximate surface area is 131 Å². The maximum absolute atomic E-state index is 3.80. The van der Waals surface area contributed by atoms with Crippen molar-refractivity contribution in [2.24, 2.45) is 5.92 Å². The highest BCUT2D eigenvalue weighted by Gasteiger charge is 2.41. The van der Waals surface area contributed by atoms with Crippen LogP contribution in [0.5, 0.6) is 0 Å². The molecule has 1 saturated carbocycles. The molecule has 0 amide bonds. The normalized spacial score (nSPS) is 31.4. The second-order valence-corrected chi connectivity index (χ2v) is 7.50. The van der Waals surface area contributed by atoms with Gasteiger partial charge in [0.2, 0.25) is 0 Å². The molecule has 20 heavy (non-hydrogen) atoms. The first kappa shape index (κ1) is 14.6. The number of halogens is 1. The van der Waals surface area contributed by atoms with Gasteiger partial charge in [-0.25, -0.2) is 0 Å². The number of nitrogens with zero attached hydrogens (tertiary/aromatic N) is 1. The molecule has 0 aromatic heterocycles. The van der Waals surface area contributed by atoms with Crippen LogP contribution in [-0.4, -0.2) is 29.6 Å². The van der Waals surface area contributed by atoms with Crippen molar-refractivity contribution in [1.29, 1.82) is 0 Å². The van der Waals surface area contributed by atoms with Crippen LogP contribution in [0.3, 0.4) is 0 Å². The van der Waals surface area contributed by atoms with Crippen molar-refractivity contribution >= 4 is 15.9 Å². The first-order valence-electron chi connectivity index (χ1n) is 7.84. The average molecular weight is 337 g/mol. The van der Waals surface area contributed by atoms with Crippen molar-refractivity contribution in [3.05, 3.63) is 34.3 Å². The zero-order chi connectivity index (χ0) is 14.2. The van der Waals surface area contributed by atoms with Crippen molar-refractivity contribution in [3.63, 3.8) is 0 Å². The Morgan fingerprint density at radius 1 is 1.35 bits per heavy atom. The minimum Gasteiger partial charge on any atom is -0.311 e. The molecule has 1 heterocycles. The van der Waals surface area contributed by atoms with Crippen LogP contribution in [0.15, 0.2) is 28.7 Å². The van der Waals surface area contributed by atoms with Crippen LogP contribution in [0, 0.1) is 5.92 Å². The predicted molar refractivity (Wildman–Crippen MR) is 87.8 cm³/mol. The second kappa shape index (κ2) is 5.78. The first-order valence-corrected chi connectivity index (χ1v) is 8.63. The van der Waals surface area contributed by atoms with Gasteiger partial charge in [-0.3, -0.25) is 4.90 Å². The third-order valence-electron chi connectivity index (χ3n) is 5.20. The Bertz CT molecular complexity index is 472. The lowest BCUT2D eigenvalue weighted by Crippen LogP contribution is -2.63.